The van der Waals surface area contributed by atoms with Gasteiger partial charge in [0.05, 0.1) is 6.04 Å². The molecule has 1 aliphatic heterocycles. The van der Waals surface area contributed by atoms with Crippen molar-refractivity contribution in [3.63, 3.8) is 0 Å². The number of aromatic nitrogens is 2. The van der Waals surface area contributed by atoms with Crippen LogP contribution in [0, 0.1) is 0 Å². The Hall–Kier alpha value is -1.35. The fraction of sp³-hybridized carbons (Fsp3) is 0.600. The molecule has 1 aliphatic rings. The molecule has 1 aromatic rings. The van der Waals surface area contributed by atoms with Crippen LogP contribution in [-0.2, 0) is 11.3 Å². The Morgan fingerprint density at radius 3 is 2.80 bits per heavy atom. The van der Waals surface area contributed by atoms with Gasteiger partial charge in [0.15, 0.2) is 5.82 Å². The molecule has 2 rings (SSSR count). The Morgan fingerprint density at radius 1 is 1.55 bits per heavy atom. The molecular weight excluding hydrogens is 304 g/mol. The van der Waals surface area contributed by atoms with Gasteiger partial charge in [-0.05, 0) is 0 Å². The van der Waals surface area contributed by atoms with E-state index in [4.69, 9.17) is 0 Å². The van der Waals surface area contributed by atoms with E-state index in [9.17, 15) is 22.4 Å². The van der Waals surface area contributed by atoms with Crippen molar-refractivity contribution in [2.24, 2.45) is 0 Å². The van der Waals surface area contributed by atoms with Crippen molar-refractivity contribution in [2.75, 3.05) is 11.9 Å². The number of nitrogens with zero attached hydrogens (tertiary/aromatic N) is 2. The highest BCUT2D eigenvalue weighted by Crippen LogP contribution is 2.18. The molecule has 1 saturated heterocycles. The molecule has 0 aromatic carbocycles. The number of amides is 1. The number of halogens is 5. The molecule has 0 saturated carbocycles. The molecule has 114 valence electrons. The van der Waals surface area contributed by atoms with Crippen molar-refractivity contribution in [3.05, 3.63) is 12.3 Å². The van der Waals surface area contributed by atoms with E-state index in [1.807, 2.05) is 0 Å². The summed E-state index contributed by atoms with van der Waals surface area (Å²) in [4.78, 5) is 11.6. The summed E-state index contributed by atoms with van der Waals surface area (Å²) in [5.41, 5.74) is 0. The molecule has 10 heteroatoms. The SMILES string of the molecule is Cl.O=C(Nc1ccn(CC(F)(F)F)n1)[C@@H]1C[C@@H](F)CN1. The predicted molar refractivity (Wildman–Crippen MR) is 65.5 cm³/mol. The van der Waals surface area contributed by atoms with Gasteiger partial charge in [0, 0.05) is 25.2 Å². The monoisotopic (exact) mass is 316 g/mol. The second-order valence-electron chi connectivity index (χ2n) is 4.30. The van der Waals surface area contributed by atoms with Crippen molar-refractivity contribution in [2.45, 2.75) is 31.4 Å². The number of hydrogen-bond donors (Lipinski definition) is 2. The highest BCUT2D eigenvalue weighted by molar-refractivity contribution is 5.94. The van der Waals surface area contributed by atoms with Crippen LogP contribution in [0.1, 0.15) is 6.42 Å². The molecule has 0 unspecified atom stereocenters. The Morgan fingerprint density at radius 2 is 2.25 bits per heavy atom. The summed E-state index contributed by atoms with van der Waals surface area (Å²) in [6, 6.07) is 0.577. The highest BCUT2D eigenvalue weighted by Gasteiger charge is 2.30. The number of rotatable bonds is 3. The number of carbonyl (C=O) groups is 1. The van der Waals surface area contributed by atoms with E-state index < -0.39 is 30.8 Å². The maximum absolute atomic E-state index is 12.9. The second kappa shape index (κ2) is 6.40. The maximum atomic E-state index is 12.9. The van der Waals surface area contributed by atoms with Gasteiger partial charge in [-0.1, -0.05) is 0 Å². The lowest BCUT2D eigenvalue weighted by atomic mass is 10.2. The Bertz CT molecular complexity index is 464. The number of nitrogens with one attached hydrogen (secondary N) is 2. The van der Waals surface area contributed by atoms with Crippen molar-refractivity contribution in [1.82, 2.24) is 15.1 Å². The van der Waals surface area contributed by atoms with Crippen LogP contribution < -0.4 is 10.6 Å². The fourth-order valence-corrected chi connectivity index (χ4v) is 1.81. The summed E-state index contributed by atoms with van der Waals surface area (Å²) >= 11 is 0. The summed E-state index contributed by atoms with van der Waals surface area (Å²) in [5, 5.41) is 8.58. The minimum absolute atomic E-state index is 0. The van der Waals surface area contributed by atoms with Gasteiger partial charge in [-0.3, -0.25) is 9.48 Å². The Labute approximate surface area is 118 Å². The van der Waals surface area contributed by atoms with E-state index in [1.165, 1.54) is 6.07 Å². The molecule has 2 N–H and O–H groups in total. The first kappa shape index (κ1) is 16.7. The summed E-state index contributed by atoms with van der Waals surface area (Å²) in [6.45, 7) is -1.13. The molecule has 0 spiro atoms. The molecule has 1 aromatic heterocycles. The van der Waals surface area contributed by atoms with Gasteiger partial charge in [0.25, 0.3) is 0 Å². The Balaban J connectivity index is 0.00000200. The zero-order chi connectivity index (χ0) is 14.0. The van der Waals surface area contributed by atoms with Crippen LogP contribution in [0.3, 0.4) is 0 Å². The van der Waals surface area contributed by atoms with E-state index in [2.05, 4.69) is 15.7 Å². The van der Waals surface area contributed by atoms with E-state index in [0.29, 0.717) is 4.68 Å². The number of anilines is 1. The highest BCUT2D eigenvalue weighted by atomic mass is 35.5. The molecule has 0 radical (unpaired) electrons. The molecule has 1 fully saturated rings. The van der Waals surface area contributed by atoms with Gasteiger partial charge in [0.2, 0.25) is 5.91 Å². The van der Waals surface area contributed by atoms with Crippen LogP contribution in [0.15, 0.2) is 12.3 Å². The lowest BCUT2D eigenvalue weighted by Crippen LogP contribution is -2.35. The fourth-order valence-electron chi connectivity index (χ4n) is 1.81. The summed E-state index contributed by atoms with van der Waals surface area (Å²) in [6.07, 6.45) is -4.29. The standard InChI is InChI=1S/C10H12F4N4O.ClH/c11-6-3-7(15-4-6)9(19)16-8-1-2-18(17-8)5-10(12,13)14;/h1-2,6-7,15H,3-5H2,(H,16,17,19);1H/t6-,7+;/m1./s1. The van der Waals surface area contributed by atoms with E-state index in [-0.39, 0.29) is 31.2 Å². The number of hydrogen-bond acceptors (Lipinski definition) is 3. The molecule has 0 bridgehead atoms. The topological polar surface area (TPSA) is 59.0 Å². The van der Waals surface area contributed by atoms with Crippen LogP contribution >= 0.6 is 12.4 Å². The average Bonchev–Trinajstić information content (AvgIpc) is 2.85. The largest absolute Gasteiger partial charge is 0.408 e. The first-order valence-corrected chi connectivity index (χ1v) is 5.62. The minimum Gasteiger partial charge on any atom is -0.308 e. The second-order valence-corrected chi connectivity index (χ2v) is 4.30. The van der Waals surface area contributed by atoms with Crippen LogP contribution in [0.4, 0.5) is 23.4 Å². The van der Waals surface area contributed by atoms with Crippen LogP contribution in [-0.4, -0.2) is 40.6 Å². The summed E-state index contributed by atoms with van der Waals surface area (Å²) in [7, 11) is 0. The third kappa shape index (κ3) is 4.64. The van der Waals surface area contributed by atoms with Gasteiger partial charge >= 0.3 is 6.18 Å². The van der Waals surface area contributed by atoms with Gasteiger partial charge in [-0.25, -0.2) is 4.39 Å². The van der Waals surface area contributed by atoms with Crippen LogP contribution in [0.5, 0.6) is 0 Å². The smallest absolute Gasteiger partial charge is 0.308 e. The van der Waals surface area contributed by atoms with Crippen LogP contribution in [0.25, 0.3) is 0 Å². The lowest BCUT2D eigenvalue weighted by molar-refractivity contribution is -0.142. The predicted octanol–water partition coefficient (Wildman–Crippen LogP) is 1.51. The van der Waals surface area contributed by atoms with E-state index in [1.54, 1.807) is 0 Å². The van der Waals surface area contributed by atoms with Crippen LogP contribution in [0.2, 0.25) is 0 Å². The third-order valence-electron chi connectivity index (χ3n) is 2.63. The Kier molecular flexibility index (Phi) is 5.35. The number of carbonyl (C=O) groups excluding carboxylic acids is 1. The zero-order valence-electron chi connectivity index (χ0n) is 10.2. The van der Waals surface area contributed by atoms with E-state index >= 15 is 0 Å². The first-order chi connectivity index (χ1) is 8.83. The van der Waals surface area contributed by atoms with Crippen molar-refractivity contribution >= 4 is 24.1 Å². The number of alkyl halides is 4. The van der Waals surface area contributed by atoms with Gasteiger partial charge in [-0.2, -0.15) is 18.3 Å². The quantitative estimate of drug-likeness (QED) is 0.831. The van der Waals surface area contributed by atoms with Gasteiger partial charge in [-0.15, -0.1) is 12.4 Å². The summed E-state index contributed by atoms with van der Waals surface area (Å²) in [5.74, 6) is -0.490. The van der Waals surface area contributed by atoms with E-state index in [0.717, 1.165) is 6.20 Å². The molecule has 2 heterocycles. The van der Waals surface area contributed by atoms with Gasteiger partial charge < -0.3 is 10.6 Å². The molecular formula is C10H13ClF4N4O. The summed E-state index contributed by atoms with van der Waals surface area (Å²) < 4.78 is 49.9. The minimum atomic E-state index is -4.37. The molecule has 5 nitrogen and oxygen atoms in total. The van der Waals surface area contributed by atoms with Crippen molar-refractivity contribution in [3.8, 4) is 0 Å². The zero-order valence-corrected chi connectivity index (χ0v) is 11.0. The van der Waals surface area contributed by atoms with Crippen molar-refractivity contribution in [1.29, 1.82) is 0 Å². The third-order valence-corrected chi connectivity index (χ3v) is 2.63. The lowest BCUT2D eigenvalue weighted by Gasteiger charge is -2.09. The molecule has 1 amide bonds. The average molecular weight is 317 g/mol. The molecule has 0 aliphatic carbocycles. The molecule has 2 atom stereocenters. The van der Waals surface area contributed by atoms with Gasteiger partial charge in [0.1, 0.15) is 12.7 Å². The van der Waals surface area contributed by atoms with Crippen molar-refractivity contribution < 1.29 is 22.4 Å². The normalized spacial score (nSPS) is 22.4. The molecule has 20 heavy (non-hydrogen) atoms. The first-order valence-electron chi connectivity index (χ1n) is 5.62. The maximum Gasteiger partial charge on any atom is 0.408 e.